The topological polar surface area (TPSA) is 64.2 Å². The normalized spacial score (nSPS) is 10.4. The summed E-state index contributed by atoms with van der Waals surface area (Å²) in [4.78, 5) is 18.9. The Bertz CT molecular complexity index is 764. The van der Waals surface area contributed by atoms with E-state index in [1.54, 1.807) is 30.5 Å². The van der Waals surface area contributed by atoms with Gasteiger partial charge in [-0.05, 0) is 24.3 Å². The van der Waals surface area contributed by atoms with Crippen LogP contribution >= 0.6 is 0 Å². The molecule has 0 bridgehead atoms. The SMILES string of the molecule is COC(=O)c1ccccc1Oc1cnc2[nH]ccc2c1. The van der Waals surface area contributed by atoms with E-state index in [1.807, 2.05) is 18.3 Å². The highest BCUT2D eigenvalue weighted by Crippen LogP contribution is 2.27. The van der Waals surface area contributed by atoms with Crippen molar-refractivity contribution in [1.82, 2.24) is 9.97 Å². The number of aromatic amines is 1. The molecule has 0 amide bonds. The molecule has 0 fully saturated rings. The predicted molar refractivity (Wildman–Crippen MR) is 73.9 cm³/mol. The van der Waals surface area contributed by atoms with Crippen molar-refractivity contribution in [1.29, 1.82) is 0 Å². The number of para-hydroxylation sites is 1. The number of H-pyrrole nitrogens is 1. The summed E-state index contributed by atoms with van der Waals surface area (Å²) in [5.74, 6) is 0.570. The van der Waals surface area contributed by atoms with Crippen molar-refractivity contribution in [2.75, 3.05) is 7.11 Å². The highest BCUT2D eigenvalue weighted by atomic mass is 16.5. The Balaban J connectivity index is 1.96. The van der Waals surface area contributed by atoms with Crippen LogP contribution in [-0.2, 0) is 4.74 Å². The molecular weight excluding hydrogens is 256 g/mol. The van der Waals surface area contributed by atoms with Crippen molar-refractivity contribution in [3.8, 4) is 11.5 Å². The second-order valence-electron chi connectivity index (χ2n) is 4.18. The van der Waals surface area contributed by atoms with Gasteiger partial charge in [0.2, 0.25) is 0 Å². The number of fused-ring (bicyclic) bond motifs is 1. The molecule has 0 radical (unpaired) electrons. The quantitative estimate of drug-likeness (QED) is 0.741. The van der Waals surface area contributed by atoms with Gasteiger partial charge in [-0.2, -0.15) is 0 Å². The fourth-order valence-corrected chi connectivity index (χ4v) is 1.94. The molecule has 2 aromatic heterocycles. The number of carbonyl (C=O) groups excluding carboxylic acids is 1. The Kier molecular flexibility index (Phi) is 3.09. The average molecular weight is 268 g/mol. The molecular formula is C15H12N2O3. The van der Waals surface area contributed by atoms with Gasteiger partial charge in [-0.15, -0.1) is 0 Å². The molecule has 0 aliphatic heterocycles. The molecule has 1 N–H and O–H groups in total. The number of esters is 1. The molecule has 0 aliphatic rings. The fourth-order valence-electron chi connectivity index (χ4n) is 1.94. The van der Waals surface area contributed by atoms with Gasteiger partial charge in [0, 0.05) is 11.6 Å². The molecule has 0 saturated heterocycles. The van der Waals surface area contributed by atoms with Gasteiger partial charge in [0.1, 0.15) is 22.7 Å². The first-order valence-electron chi connectivity index (χ1n) is 6.06. The number of hydrogen-bond acceptors (Lipinski definition) is 4. The average Bonchev–Trinajstić information content (AvgIpc) is 2.94. The predicted octanol–water partition coefficient (Wildman–Crippen LogP) is 3.14. The number of nitrogens with one attached hydrogen (secondary N) is 1. The summed E-state index contributed by atoms with van der Waals surface area (Å²) in [7, 11) is 1.34. The zero-order valence-electron chi connectivity index (χ0n) is 10.8. The van der Waals surface area contributed by atoms with Gasteiger partial charge in [-0.25, -0.2) is 9.78 Å². The summed E-state index contributed by atoms with van der Waals surface area (Å²) in [6.45, 7) is 0. The van der Waals surface area contributed by atoms with Gasteiger partial charge in [0.25, 0.3) is 0 Å². The number of carbonyl (C=O) groups is 1. The second-order valence-corrected chi connectivity index (χ2v) is 4.18. The molecule has 3 rings (SSSR count). The summed E-state index contributed by atoms with van der Waals surface area (Å²) in [6, 6.07) is 10.7. The van der Waals surface area contributed by atoms with E-state index in [0.29, 0.717) is 17.1 Å². The van der Waals surface area contributed by atoms with Crippen molar-refractivity contribution < 1.29 is 14.3 Å². The number of ether oxygens (including phenoxy) is 2. The van der Waals surface area contributed by atoms with Crippen LogP contribution in [0.2, 0.25) is 0 Å². The van der Waals surface area contributed by atoms with Gasteiger partial charge in [0.05, 0.1) is 13.3 Å². The second kappa shape index (κ2) is 5.05. The lowest BCUT2D eigenvalue weighted by Crippen LogP contribution is -2.03. The van der Waals surface area contributed by atoms with Gasteiger partial charge in [0.15, 0.2) is 0 Å². The summed E-state index contributed by atoms with van der Waals surface area (Å²) >= 11 is 0. The maximum Gasteiger partial charge on any atom is 0.341 e. The first-order valence-corrected chi connectivity index (χ1v) is 6.06. The maximum atomic E-state index is 11.7. The van der Waals surface area contributed by atoms with Crippen LogP contribution in [0, 0.1) is 0 Å². The summed E-state index contributed by atoms with van der Waals surface area (Å²) in [6.07, 6.45) is 3.41. The molecule has 0 spiro atoms. The molecule has 5 heteroatoms. The minimum atomic E-state index is -0.434. The van der Waals surface area contributed by atoms with Crippen LogP contribution in [0.3, 0.4) is 0 Å². The zero-order chi connectivity index (χ0) is 13.9. The lowest BCUT2D eigenvalue weighted by Gasteiger charge is -2.09. The van der Waals surface area contributed by atoms with E-state index >= 15 is 0 Å². The van der Waals surface area contributed by atoms with E-state index in [2.05, 4.69) is 9.97 Å². The molecule has 0 aliphatic carbocycles. The largest absolute Gasteiger partial charge is 0.465 e. The van der Waals surface area contributed by atoms with Crippen molar-refractivity contribution in [3.05, 3.63) is 54.4 Å². The summed E-state index contributed by atoms with van der Waals surface area (Å²) in [5.41, 5.74) is 1.17. The van der Waals surface area contributed by atoms with Gasteiger partial charge in [-0.3, -0.25) is 0 Å². The van der Waals surface area contributed by atoms with Crippen LogP contribution in [0.4, 0.5) is 0 Å². The Morgan fingerprint density at radius 3 is 2.95 bits per heavy atom. The van der Waals surface area contributed by atoms with E-state index in [1.165, 1.54) is 7.11 Å². The molecule has 0 saturated carbocycles. The first kappa shape index (κ1) is 12.2. The highest BCUT2D eigenvalue weighted by Gasteiger charge is 2.13. The van der Waals surface area contributed by atoms with Crippen LogP contribution in [0.25, 0.3) is 11.0 Å². The first-order chi connectivity index (χ1) is 9.78. The van der Waals surface area contributed by atoms with Gasteiger partial charge >= 0.3 is 5.97 Å². The minimum Gasteiger partial charge on any atom is -0.465 e. The lowest BCUT2D eigenvalue weighted by molar-refractivity contribution is 0.0598. The zero-order valence-corrected chi connectivity index (χ0v) is 10.8. The molecule has 20 heavy (non-hydrogen) atoms. The third-order valence-electron chi connectivity index (χ3n) is 2.90. The van der Waals surface area contributed by atoms with Crippen molar-refractivity contribution in [3.63, 3.8) is 0 Å². The summed E-state index contributed by atoms with van der Waals surface area (Å²) < 4.78 is 10.5. The number of hydrogen-bond donors (Lipinski definition) is 1. The number of rotatable bonds is 3. The van der Waals surface area contributed by atoms with E-state index in [9.17, 15) is 4.79 Å². The van der Waals surface area contributed by atoms with Crippen LogP contribution in [0.5, 0.6) is 11.5 Å². The number of methoxy groups -OCH3 is 1. The molecule has 0 atom stereocenters. The maximum absolute atomic E-state index is 11.7. The third-order valence-corrected chi connectivity index (χ3v) is 2.90. The standard InChI is InChI=1S/C15H12N2O3/c1-19-15(18)12-4-2-3-5-13(12)20-11-8-10-6-7-16-14(10)17-9-11/h2-9H,1H3,(H,16,17). The van der Waals surface area contributed by atoms with Crippen LogP contribution in [0.15, 0.2) is 48.8 Å². The van der Waals surface area contributed by atoms with Crippen LogP contribution in [-0.4, -0.2) is 23.0 Å². The number of nitrogens with zero attached hydrogens (tertiary/aromatic N) is 1. The monoisotopic (exact) mass is 268 g/mol. The number of benzene rings is 1. The minimum absolute atomic E-state index is 0.379. The Labute approximate surface area is 115 Å². The Morgan fingerprint density at radius 2 is 2.10 bits per heavy atom. The van der Waals surface area contributed by atoms with Crippen LogP contribution in [0.1, 0.15) is 10.4 Å². The summed E-state index contributed by atoms with van der Waals surface area (Å²) in [5, 5.41) is 0.943. The third kappa shape index (κ3) is 2.21. The van der Waals surface area contributed by atoms with Crippen molar-refractivity contribution in [2.24, 2.45) is 0 Å². The van der Waals surface area contributed by atoms with Gasteiger partial charge in [-0.1, -0.05) is 12.1 Å². The van der Waals surface area contributed by atoms with Crippen molar-refractivity contribution >= 4 is 17.0 Å². The number of pyridine rings is 1. The van der Waals surface area contributed by atoms with Crippen molar-refractivity contribution in [2.45, 2.75) is 0 Å². The Hall–Kier alpha value is -2.82. The number of aromatic nitrogens is 2. The van der Waals surface area contributed by atoms with E-state index in [4.69, 9.17) is 9.47 Å². The molecule has 2 heterocycles. The lowest BCUT2D eigenvalue weighted by atomic mass is 10.2. The van der Waals surface area contributed by atoms with Gasteiger partial charge < -0.3 is 14.5 Å². The molecule has 100 valence electrons. The molecule has 3 aromatic rings. The van der Waals surface area contributed by atoms with E-state index in [-0.39, 0.29) is 0 Å². The fraction of sp³-hybridized carbons (Fsp3) is 0.0667. The van der Waals surface area contributed by atoms with E-state index < -0.39 is 5.97 Å². The van der Waals surface area contributed by atoms with Crippen LogP contribution < -0.4 is 4.74 Å². The molecule has 5 nitrogen and oxygen atoms in total. The highest BCUT2D eigenvalue weighted by molar-refractivity contribution is 5.92. The smallest absolute Gasteiger partial charge is 0.341 e. The van der Waals surface area contributed by atoms with E-state index in [0.717, 1.165) is 11.0 Å². The molecule has 0 unspecified atom stereocenters. The Morgan fingerprint density at radius 1 is 1.25 bits per heavy atom. The molecule has 1 aromatic carbocycles.